The molecule has 0 saturated carbocycles. The van der Waals surface area contributed by atoms with Crippen LogP contribution in [0.25, 0.3) is 0 Å². The van der Waals surface area contributed by atoms with Crippen LogP contribution in [0.3, 0.4) is 0 Å². The lowest BCUT2D eigenvalue weighted by Crippen LogP contribution is -2.40. The number of aryl methyl sites for hydroxylation is 2. The second-order valence-corrected chi connectivity index (χ2v) is 4.45. The van der Waals surface area contributed by atoms with E-state index < -0.39 is 12.0 Å². The highest BCUT2D eigenvalue weighted by Crippen LogP contribution is 2.10. The van der Waals surface area contributed by atoms with Gasteiger partial charge < -0.3 is 10.4 Å². The molecule has 0 saturated heterocycles. The summed E-state index contributed by atoms with van der Waals surface area (Å²) >= 11 is 0. The van der Waals surface area contributed by atoms with E-state index in [-0.39, 0.29) is 5.91 Å². The summed E-state index contributed by atoms with van der Waals surface area (Å²) < 4.78 is 0. The highest BCUT2D eigenvalue weighted by molar-refractivity contribution is 5.96. The molecular weight excluding hydrogens is 230 g/mol. The van der Waals surface area contributed by atoms with Crippen molar-refractivity contribution in [2.24, 2.45) is 0 Å². The van der Waals surface area contributed by atoms with Gasteiger partial charge in [0.05, 0.1) is 0 Å². The Bertz CT molecular complexity index is 454. The second-order valence-electron chi connectivity index (χ2n) is 4.45. The summed E-state index contributed by atoms with van der Waals surface area (Å²) in [5, 5.41) is 11.5. The second kappa shape index (κ2) is 6.19. The molecule has 98 valence electrons. The van der Waals surface area contributed by atoms with Gasteiger partial charge in [-0.3, -0.25) is 4.79 Å². The quantitative estimate of drug-likeness (QED) is 0.841. The van der Waals surface area contributed by atoms with Crippen LogP contribution in [-0.4, -0.2) is 23.0 Å². The van der Waals surface area contributed by atoms with Crippen LogP contribution in [0.15, 0.2) is 18.2 Å². The monoisotopic (exact) mass is 249 g/mol. The van der Waals surface area contributed by atoms with Crippen LogP contribution in [0.4, 0.5) is 0 Å². The summed E-state index contributed by atoms with van der Waals surface area (Å²) in [6, 6.07) is 4.53. The number of rotatable bonds is 5. The Kier molecular flexibility index (Phi) is 4.89. The van der Waals surface area contributed by atoms with Crippen LogP contribution in [-0.2, 0) is 4.79 Å². The van der Waals surface area contributed by atoms with Crippen molar-refractivity contribution >= 4 is 11.9 Å². The van der Waals surface area contributed by atoms with Gasteiger partial charge in [-0.1, -0.05) is 19.4 Å². The van der Waals surface area contributed by atoms with Gasteiger partial charge in [-0.25, -0.2) is 4.79 Å². The van der Waals surface area contributed by atoms with Gasteiger partial charge in [-0.2, -0.15) is 0 Å². The molecule has 4 nitrogen and oxygen atoms in total. The third-order valence-corrected chi connectivity index (χ3v) is 2.95. The molecular formula is C14H19NO3. The zero-order valence-electron chi connectivity index (χ0n) is 11.0. The van der Waals surface area contributed by atoms with Gasteiger partial charge in [0.2, 0.25) is 0 Å². The van der Waals surface area contributed by atoms with Gasteiger partial charge >= 0.3 is 5.97 Å². The number of amides is 1. The first kappa shape index (κ1) is 14.2. The van der Waals surface area contributed by atoms with Crippen molar-refractivity contribution in [2.75, 3.05) is 0 Å². The van der Waals surface area contributed by atoms with Crippen LogP contribution in [0, 0.1) is 13.8 Å². The van der Waals surface area contributed by atoms with Crippen LogP contribution in [0.1, 0.15) is 41.3 Å². The first-order valence-electron chi connectivity index (χ1n) is 6.06. The van der Waals surface area contributed by atoms with Crippen LogP contribution in [0.2, 0.25) is 0 Å². The third-order valence-electron chi connectivity index (χ3n) is 2.95. The number of carboxylic acids is 1. The van der Waals surface area contributed by atoms with E-state index in [1.807, 2.05) is 26.8 Å². The van der Waals surface area contributed by atoms with Gasteiger partial charge in [0.25, 0.3) is 5.91 Å². The maximum absolute atomic E-state index is 11.9. The van der Waals surface area contributed by atoms with E-state index in [4.69, 9.17) is 5.11 Å². The van der Waals surface area contributed by atoms with Gasteiger partial charge in [0, 0.05) is 5.56 Å². The van der Waals surface area contributed by atoms with Gasteiger partial charge in [0.1, 0.15) is 6.04 Å². The fraction of sp³-hybridized carbons (Fsp3) is 0.429. The molecule has 1 amide bonds. The number of benzene rings is 1. The van der Waals surface area contributed by atoms with Gasteiger partial charge in [-0.05, 0) is 43.5 Å². The van der Waals surface area contributed by atoms with Crippen LogP contribution >= 0.6 is 0 Å². The molecule has 4 heteroatoms. The average molecular weight is 249 g/mol. The highest BCUT2D eigenvalue weighted by atomic mass is 16.4. The Labute approximate surface area is 107 Å². The smallest absolute Gasteiger partial charge is 0.326 e. The van der Waals surface area contributed by atoms with Crippen molar-refractivity contribution in [1.29, 1.82) is 0 Å². The van der Waals surface area contributed by atoms with E-state index in [0.717, 1.165) is 11.1 Å². The van der Waals surface area contributed by atoms with Gasteiger partial charge in [-0.15, -0.1) is 0 Å². The number of aliphatic carboxylic acids is 1. The summed E-state index contributed by atoms with van der Waals surface area (Å²) in [6.07, 6.45) is 1.15. The standard InChI is InChI=1S/C14H19NO3/c1-4-5-12(14(17)18)15-13(16)11-7-6-9(2)10(3)8-11/h6-8,12H,4-5H2,1-3H3,(H,15,16)(H,17,18). The lowest BCUT2D eigenvalue weighted by atomic mass is 10.1. The molecule has 0 fully saturated rings. The molecule has 0 aromatic heterocycles. The van der Waals surface area contributed by atoms with Crippen molar-refractivity contribution in [1.82, 2.24) is 5.32 Å². The van der Waals surface area contributed by atoms with E-state index in [1.54, 1.807) is 12.1 Å². The first-order valence-corrected chi connectivity index (χ1v) is 6.06. The Hall–Kier alpha value is -1.84. The largest absolute Gasteiger partial charge is 0.480 e. The van der Waals surface area contributed by atoms with Crippen molar-refractivity contribution in [2.45, 2.75) is 39.7 Å². The lowest BCUT2D eigenvalue weighted by Gasteiger charge is -2.14. The molecule has 0 bridgehead atoms. The Morgan fingerprint density at radius 1 is 1.28 bits per heavy atom. The predicted molar refractivity (Wildman–Crippen MR) is 69.7 cm³/mol. The SMILES string of the molecule is CCCC(NC(=O)c1ccc(C)c(C)c1)C(=O)O. The van der Waals surface area contributed by atoms with E-state index in [0.29, 0.717) is 18.4 Å². The van der Waals surface area contributed by atoms with Crippen molar-refractivity contribution in [3.8, 4) is 0 Å². The lowest BCUT2D eigenvalue weighted by molar-refractivity contribution is -0.139. The molecule has 0 aliphatic rings. The predicted octanol–water partition coefficient (Wildman–Crippen LogP) is 2.29. The molecule has 0 spiro atoms. The summed E-state index contributed by atoms with van der Waals surface area (Å²) in [7, 11) is 0. The molecule has 18 heavy (non-hydrogen) atoms. The summed E-state index contributed by atoms with van der Waals surface area (Å²) in [6.45, 7) is 5.78. The fourth-order valence-electron chi connectivity index (χ4n) is 1.67. The molecule has 0 radical (unpaired) electrons. The van der Waals surface area contributed by atoms with E-state index in [9.17, 15) is 9.59 Å². The van der Waals surface area contributed by atoms with Gasteiger partial charge in [0.15, 0.2) is 0 Å². The highest BCUT2D eigenvalue weighted by Gasteiger charge is 2.19. The first-order chi connectivity index (χ1) is 8.45. The number of hydrogen-bond donors (Lipinski definition) is 2. The Morgan fingerprint density at radius 2 is 1.94 bits per heavy atom. The molecule has 1 rings (SSSR count). The number of carbonyl (C=O) groups is 2. The van der Waals surface area contributed by atoms with Crippen molar-refractivity contribution < 1.29 is 14.7 Å². The van der Waals surface area contributed by atoms with Crippen LogP contribution < -0.4 is 5.32 Å². The zero-order chi connectivity index (χ0) is 13.7. The number of hydrogen-bond acceptors (Lipinski definition) is 2. The number of nitrogens with one attached hydrogen (secondary N) is 1. The van der Waals surface area contributed by atoms with Crippen LogP contribution in [0.5, 0.6) is 0 Å². The summed E-state index contributed by atoms with van der Waals surface area (Å²) in [5.74, 6) is -1.33. The Balaban J connectivity index is 2.80. The topological polar surface area (TPSA) is 66.4 Å². The molecule has 0 aliphatic carbocycles. The minimum absolute atomic E-state index is 0.334. The number of carboxylic acid groups (broad SMARTS) is 1. The number of carbonyl (C=O) groups excluding carboxylic acids is 1. The normalized spacial score (nSPS) is 11.9. The van der Waals surface area contributed by atoms with E-state index in [1.165, 1.54) is 0 Å². The summed E-state index contributed by atoms with van der Waals surface area (Å²) in [5.41, 5.74) is 2.63. The minimum Gasteiger partial charge on any atom is -0.480 e. The molecule has 1 aromatic rings. The fourth-order valence-corrected chi connectivity index (χ4v) is 1.67. The maximum Gasteiger partial charge on any atom is 0.326 e. The third kappa shape index (κ3) is 3.58. The van der Waals surface area contributed by atoms with Crippen molar-refractivity contribution in [3.05, 3.63) is 34.9 Å². The molecule has 1 atom stereocenters. The minimum atomic E-state index is -0.992. The summed E-state index contributed by atoms with van der Waals surface area (Å²) in [4.78, 5) is 22.9. The molecule has 2 N–H and O–H groups in total. The average Bonchev–Trinajstić information content (AvgIpc) is 2.31. The molecule has 1 unspecified atom stereocenters. The maximum atomic E-state index is 11.9. The van der Waals surface area contributed by atoms with E-state index >= 15 is 0 Å². The van der Waals surface area contributed by atoms with Crippen molar-refractivity contribution in [3.63, 3.8) is 0 Å². The zero-order valence-corrected chi connectivity index (χ0v) is 11.0. The molecule has 0 heterocycles. The molecule has 1 aromatic carbocycles. The van der Waals surface area contributed by atoms with E-state index in [2.05, 4.69) is 5.32 Å². The Morgan fingerprint density at radius 3 is 2.44 bits per heavy atom. The molecule has 0 aliphatic heterocycles.